The Hall–Kier alpha value is 0.0600. The largest absolute Gasteiger partial charge is 0.376 e. The van der Waals surface area contributed by atoms with E-state index in [9.17, 15) is 0 Å². The molecule has 1 heterocycles. The van der Waals surface area contributed by atoms with Crippen LogP contribution in [0.15, 0.2) is 15.2 Å². The molecule has 0 saturated heterocycles. The summed E-state index contributed by atoms with van der Waals surface area (Å²) in [6, 6.07) is 0.0908. The van der Waals surface area contributed by atoms with Gasteiger partial charge in [-0.2, -0.15) is 11.3 Å². The van der Waals surface area contributed by atoms with E-state index in [2.05, 4.69) is 32.1 Å². The summed E-state index contributed by atoms with van der Waals surface area (Å²) in [6.45, 7) is 2.77. The summed E-state index contributed by atoms with van der Waals surface area (Å²) in [5, 5.41) is 4.21. The van der Waals surface area contributed by atoms with Crippen LogP contribution in [0.5, 0.6) is 0 Å². The third-order valence-electron chi connectivity index (χ3n) is 2.93. The van der Waals surface area contributed by atoms with E-state index in [1.54, 1.807) is 11.3 Å². The Balaban J connectivity index is 2.16. The number of hydrazine groups is 1. The summed E-state index contributed by atoms with van der Waals surface area (Å²) in [5.41, 5.74) is 4.11. The van der Waals surface area contributed by atoms with E-state index < -0.39 is 0 Å². The normalized spacial score (nSPS) is 19.7. The summed E-state index contributed by atoms with van der Waals surface area (Å²) in [4.78, 5) is 0. The molecule has 5 heteroatoms. The van der Waals surface area contributed by atoms with Crippen LogP contribution in [0.4, 0.5) is 0 Å². The molecule has 0 bridgehead atoms. The van der Waals surface area contributed by atoms with Gasteiger partial charge in [0.2, 0.25) is 0 Å². The van der Waals surface area contributed by atoms with Crippen molar-refractivity contribution in [3.63, 3.8) is 0 Å². The molecule has 1 fully saturated rings. The Morgan fingerprint density at radius 2 is 2.38 bits per heavy atom. The Morgan fingerprint density at radius 1 is 1.62 bits per heavy atom. The van der Waals surface area contributed by atoms with Crippen molar-refractivity contribution in [2.45, 2.75) is 31.9 Å². The van der Waals surface area contributed by atoms with Crippen molar-refractivity contribution < 1.29 is 4.74 Å². The van der Waals surface area contributed by atoms with Gasteiger partial charge in [-0.05, 0) is 52.6 Å². The van der Waals surface area contributed by atoms with E-state index in [4.69, 9.17) is 10.6 Å². The summed E-state index contributed by atoms with van der Waals surface area (Å²) in [5.74, 6) is 6.34. The number of ether oxygens (including phenoxy) is 1. The molecule has 0 amide bonds. The maximum Gasteiger partial charge on any atom is 0.0811 e. The van der Waals surface area contributed by atoms with E-state index >= 15 is 0 Å². The second kappa shape index (κ2) is 5.60. The summed E-state index contributed by atoms with van der Waals surface area (Å²) in [7, 11) is 0. The molecular weight excluding hydrogens is 288 g/mol. The molecular formula is C11H17BrN2OS. The molecule has 90 valence electrons. The molecule has 2 atom stereocenters. The molecule has 0 aromatic carbocycles. The van der Waals surface area contributed by atoms with E-state index in [0.717, 1.165) is 11.1 Å². The van der Waals surface area contributed by atoms with Gasteiger partial charge in [0.25, 0.3) is 0 Å². The molecule has 1 aromatic rings. The van der Waals surface area contributed by atoms with Crippen molar-refractivity contribution in [1.29, 1.82) is 0 Å². The smallest absolute Gasteiger partial charge is 0.0811 e. The summed E-state index contributed by atoms with van der Waals surface area (Å²) >= 11 is 5.24. The van der Waals surface area contributed by atoms with Gasteiger partial charge in [-0.15, -0.1) is 0 Å². The highest BCUT2D eigenvalue weighted by atomic mass is 79.9. The number of hydrogen-bond acceptors (Lipinski definition) is 4. The number of halogens is 1. The number of rotatable bonds is 6. The first kappa shape index (κ1) is 12.5. The predicted octanol–water partition coefficient (Wildman–Crippen LogP) is 2.83. The highest BCUT2D eigenvalue weighted by Gasteiger charge is 2.38. The Labute approximate surface area is 108 Å². The molecule has 1 aromatic heterocycles. The minimum Gasteiger partial charge on any atom is -0.376 e. The average Bonchev–Trinajstić information content (AvgIpc) is 3.03. The standard InChI is InChI=1S/C11H17BrN2OS/c1-2-15-11(7-3-4-7)10(14-13)8-5-16-6-9(8)12/h5-7,10-11,14H,2-4,13H2,1H3. The van der Waals surface area contributed by atoms with Gasteiger partial charge in [-0.25, -0.2) is 0 Å². The first-order valence-corrected chi connectivity index (χ1v) is 7.30. The van der Waals surface area contributed by atoms with Crippen LogP contribution in [-0.4, -0.2) is 12.7 Å². The molecule has 16 heavy (non-hydrogen) atoms. The van der Waals surface area contributed by atoms with Crippen LogP contribution >= 0.6 is 27.3 Å². The SMILES string of the molecule is CCOC(C1CC1)C(NN)c1cscc1Br. The zero-order valence-corrected chi connectivity index (χ0v) is 11.7. The van der Waals surface area contributed by atoms with Gasteiger partial charge in [-0.1, -0.05) is 0 Å². The molecule has 0 radical (unpaired) electrons. The molecule has 1 saturated carbocycles. The number of nitrogens with one attached hydrogen (secondary N) is 1. The molecule has 1 aliphatic rings. The maximum atomic E-state index is 5.84. The number of nitrogens with two attached hydrogens (primary N) is 1. The second-order valence-electron chi connectivity index (χ2n) is 4.08. The molecule has 1 aliphatic carbocycles. The molecule has 0 spiro atoms. The monoisotopic (exact) mass is 304 g/mol. The van der Waals surface area contributed by atoms with Gasteiger partial charge in [0.15, 0.2) is 0 Å². The predicted molar refractivity (Wildman–Crippen MR) is 70.2 cm³/mol. The third kappa shape index (κ3) is 2.65. The van der Waals surface area contributed by atoms with Crippen molar-refractivity contribution in [3.8, 4) is 0 Å². The second-order valence-corrected chi connectivity index (χ2v) is 5.67. The van der Waals surface area contributed by atoms with Crippen LogP contribution in [0.3, 0.4) is 0 Å². The van der Waals surface area contributed by atoms with Gasteiger partial charge >= 0.3 is 0 Å². The van der Waals surface area contributed by atoms with Crippen molar-refractivity contribution in [2.75, 3.05) is 6.61 Å². The van der Waals surface area contributed by atoms with Crippen molar-refractivity contribution in [3.05, 3.63) is 20.8 Å². The van der Waals surface area contributed by atoms with Crippen LogP contribution in [0, 0.1) is 5.92 Å². The fourth-order valence-electron chi connectivity index (χ4n) is 2.00. The lowest BCUT2D eigenvalue weighted by Gasteiger charge is -2.26. The van der Waals surface area contributed by atoms with Crippen LogP contribution in [0.25, 0.3) is 0 Å². The van der Waals surface area contributed by atoms with E-state index in [1.165, 1.54) is 18.4 Å². The van der Waals surface area contributed by atoms with Crippen LogP contribution in [0.2, 0.25) is 0 Å². The molecule has 2 rings (SSSR count). The van der Waals surface area contributed by atoms with E-state index in [1.807, 2.05) is 6.92 Å². The first-order valence-electron chi connectivity index (χ1n) is 5.57. The Bertz CT molecular complexity index is 340. The maximum absolute atomic E-state index is 5.84. The zero-order chi connectivity index (χ0) is 11.5. The number of thiophene rings is 1. The van der Waals surface area contributed by atoms with Gasteiger partial charge in [0, 0.05) is 16.5 Å². The highest BCUT2D eigenvalue weighted by molar-refractivity contribution is 9.10. The van der Waals surface area contributed by atoms with E-state index in [-0.39, 0.29) is 12.1 Å². The quantitative estimate of drug-likeness (QED) is 0.627. The minimum atomic E-state index is 0.0908. The first-order chi connectivity index (χ1) is 7.77. The summed E-state index contributed by atoms with van der Waals surface area (Å²) in [6.07, 6.45) is 2.70. The van der Waals surface area contributed by atoms with Crippen molar-refractivity contribution in [2.24, 2.45) is 11.8 Å². The highest BCUT2D eigenvalue weighted by Crippen LogP contribution is 2.41. The zero-order valence-electron chi connectivity index (χ0n) is 9.28. The lowest BCUT2D eigenvalue weighted by molar-refractivity contribution is 0.0185. The fourth-order valence-corrected chi connectivity index (χ4v) is 3.58. The Kier molecular flexibility index (Phi) is 4.38. The average molecular weight is 305 g/mol. The van der Waals surface area contributed by atoms with Crippen molar-refractivity contribution >= 4 is 27.3 Å². The van der Waals surface area contributed by atoms with Gasteiger partial charge < -0.3 is 4.74 Å². The van der Waals surface area contributed by atoms with Crippen LogP contribution in [0.1, 0.15) is 31.4 Å². The third-order valence-corrected chi connectivity index (χ3v) is 4.68. The molecule has 0 aliphatic heterocycles. The van der Waals surface area contributed by atoms with E-state index in [0.29, 0.717) is 5.92 Å². The topological polar surface area (TPSA) is 47.3 Å². The number of hydrogen-bond donors (Lipinski definition) is 2. The van der Waals surface area contributed by atoms with Crippen LogP contribution < -0.4 is 11.3 Å². The fraction of sp³-hybridized carbons (Fsp3) is 0.636. The lowest BCUT2D eigenvalue weighted by atomic mass is 10.0. The molecule has 2 unspecified atom stereocenters. The van der Waals surface area contributed by atoms with Crippen molar-refractivity contribution in [1.82, 2.24) is 5.43 Å². The van der Waals surface area contributed by atoms with Crippen LogP contribution in [-0.2, 0) is 4.74 Å². The minimum absolute atomic E-state index is 0.0908. The Morgan fingerprint density at radius 3 is 2.81 bits per heavy atom. The van der Waals surface area contributed by atoms with Gasteiger partial charge in [0.1, 0.15) is 0 Å². The molecule has 3 nitrogen and oxygen atoms in total. The summed E-state index contributed by atoms with van der Waals surface area (Å²) < 4.78 is 6.96. The molecule has 3 N–H and O–H groups in total. The van der Waals surface area contributed by atoms with Gasteiger partial charge in [0.05, 0.1) is 12.1 Å². The van der Waals surface area contributed by atoms with Gasteiger partial charge in [-0.3, -0.25) is 11.3 Å². The lowest BCUT2D eigenvalue weighted by Crippen LogP contribution is -2.39.